The van der Waals surface area contributed by atoms with Gasteiger partial charge in [0.2, 0.25) is 0 Å². The third kappa shape index (κ3) is 4.07. The van der Waals surface area contributed by atoms with Crippen LogP contribution < -0.4 is 5.73 Å². The fourth-order valence-electron chi connectivity index (χ4n) is 1.03. The van der Waals surface area contributed by atoms with E-state index in [4.69, 9.17) is 5.73 Å². The van der Waals surface area contributed by atoms with Crippen LogP contribution in [-0.4, -0.2) is 21.5 Å². The second-order valence-corrected chi connectivity index (χ2v) is 4.78. The molecule has 0 saturated heterocycles. The highest BCUT2D eigenvalue weighted by Crippen LogP contribution is 2.16. The third-order valence-corrected chi connectivity index (χ3v) is 3.25. The zero-order valence-electron chi connectivity index (χ0n) is 8.68. The van der Waals surface area contributed by atoms with Crippen molar-refractivity contribution >= 4 is 11.8 Å². The van der Waals surface area contributed by atoms with Crippen molar-refractivity contribution in [3.8, 4) is 0 Å². The summed E-state index contributed by atoms with van der Waals surface area (Å²) in [6.45, 7) is 4.42. The zero-order chi connectivity index (χ0) is 10.4. The summed E-state index contributed by atoms with van der Waals surface area (Å²) in [5, 5.41) is 0. The lowest BCUT2D eigenvalue weighted by Gasteiger charge is -2.11. The average Bonchev–Trinajstić information content (AvgIpc) is 2.18. The number of aromatic nitrogens is 2. The van der Waals surface area contributed by atoms with E-state index < -0.39 is 0 Å². The molecule has 2 N–H and O–H groups in total. The van der Waals surface area contributed by atoms with Gasteiger partial charge in [0.05, 0.1) is 0 Å². The first kappa shape index (κ1) is 11.5. The fraction of sp³-hybridized carbons (Fsp3) is 0.600. The SMILES string of the molecule is CC(C)CSCC(N)c1cncnc1. The second-order valence-electron chi connectivity index (χ2n) is 3.71. The van der Waals surface area contributed by atoms with Crippen LogP contribution in [0.5, 0.6) is 0 Å². The van der Waals surface area contributed by atoms with E-state index in [1.165, 1.54) is 6.33 Å². The lowest BCUT2D eigenvalue weighted by Crippen LogP contribution is -2.14. The molecule has 0 fully saturated rings. The van der Waals surface area contributed by atoms with Crippen molar-refractivity contribution in [2.75, 3.05) is 11.5 Å². The standard InChI is InChI=1S/C10H17N3S/c1-8(2)5-14-6-10(11)9-3-12-7-13-4-9/h3-4,7-8,10H,5-6,11H2,1-2H3. The molecule has 0 radical (unpaired) electrons. The maximum Gasteiger partial charge on any atom is 0.115 e. The Kier molecular flexibility index (Phi) is 4.90. The molecule has 1 aromatic heterocycles. The number of hydrogen-bond donors (Lipinski definition) is 1. The molecule has 0 amide bonds. The summed E-state index contributed by atoms with van der Waals surface area (Å²) >= 11 is 1.88. The molecule has 1 aromatic rings. The van der Waals surface area contributed by atoms with Crippen molar-refractivity contribution in [1.82, 2.24) is 9.97 Å². The molecule has 14 heavy (non-hydrogen) atoms. The molecule has 78 valence electrons. The van der Waals surface area contributed by atoms with Crippen LogP contribution in [-0.2, 0) is 0 Å². The Morgan fingerprint density at radius 1 is 1.29 bits per heavy atom. The van der Waals surface area contributed by atoms with Gasteiger partial charge in [0.1, 0.15) is 6.33 Å². The highest BCUT2D eigenvalue weighted by molar-refractivity contribution is 7.99. The molecular formula is C10H17N3S. The van der Waals surface area contributed by atoms with Crippen LogP contribution in [0, 0.1) is 5.92 Å². The Morgan fingerprint density at radius 3 is 2.50 bits per heavy atom. The topological polar surface area (TPSA) is 51.8 Å². The van der Waals surface area contributed by atoms with Crippen molar-refractivity contribution in [1.29, 1.82) is 0 Å². The Hall–Kier alpha value is -0.610. The van der Waals surface area contributed by atoms with E-state index in [9.17, 15) is 0 Å². The van der Waals surface area contributed by atoms with E-state index >= 15 is 0 Å². The quantitative estimate of drug-likeness (QED) is 0.807. The number of rotatable bonds is 5. The Bertz CT molecular complexity index is 251. The lowest BCUT2D eigenvalue weighted by atomic mass is 10.2. The van der Waals surface area contributed by atoms with E-state index in [2.05, 4.69) is 23.8 Å². The van der Waals surface area contributed by atoms with Crippen molar-refractivity contribution in [3.63, 3.8) is 0 Å². The van der Waals surface area contributed by atoms with Crippen molar-refractivity contribution in [3.05, 3.63) is 24.3 Å². The zero-order valence-corrected chi connectivity index (χ0v) is 9.50. The first-order valence-electron chi connectivity index (χ1n) is 4.78. The van der Waals surface area contributed by atoms with Gasteiger partial charge < -0.3 is 5.73 Å². The van der Waals surface area contributed by atoms with Crippen molar-refractivity contribution in [2.45, 2.75) is 19.9 Å². The van der Waals surface area contributed by atoms with Gasteiger partial charge in [0, 0.05) is 29.8 Å². The summed E-state index contributed by atoms with van der Waals surface area (Å²) in [5.41, 5.74) is 7.00. The summed E-state index contributed by atoms with van der Waals surface area (Å²) in [7, 11) is 0. The molecule has 0 aliphatic carbocycles. The maximum absolute atomic E-state index is 5.98. The monoisotopic (exact) mass is 211 g/mol. The van der Waals surface area contributed by atoms with Crippen LogP contribution in [0.3, 0.4) is 0 Å². The number of nitrogens with two attached hydrogens (primary N) is 1. The lowest BCUT2D eigenvalue weighted by molar-refractivity contribution is 0.745. The van der Waals surface area contributed by atoms with E-state index in [-0.39, 0.29) is 6.04 Å². The van der Waals surface area contributed by atoms with Crippen LogP contribution in [0.1, 0.15) is 25.5 Å². The molecule has 1 unspecified atom stereocenters. The first-order valence-corrected chi connectivity index (χ1v) is 5.94. The number of hydrogen-bond acceptors (Lipinski definition) is 4. The van der Waals surface area contributed by atoms with Gasteiger partial charge in [0.25, 0.3) is 0 Å². The Labute approximate surface area is 89.5 Å². The van der Waals surface area contributed by atoms with E-state index in [1.54, 1.807) is 12.4 Å². The van der Waals surface area contributed by atoms with Crippen LogP contribution in [0.25, 0.3) is 0 Å². The highest BCUT2D eigenvalue weighted by Gasteiger charge is 2.06. The van der Waals surface area contributed by atoms with E-state index in [0.29, 0.717) is 0 Å². The molecule has 0 spiro atoms. The molecule has 1 rings (SSSR count). The van der Waals surface area contributed by atoms with Crippen LogP contribution in [0.4, 0.5) is 0 Å². The molecule has 3 nitrogen and oxygen atoms in total. The first-order chi connectivity index (χ1) is 6.70. The summed E-state index contributed by atoms with van der Waals surface area (Å²) in [6, 6.07) is 0.0555. The molecule has 0 bridgehead atoms. The summed E-state index contributed by atoms with van der Waals surface area (Å²) in [5.74, 6) is 2.81. The molecule has 1 atom stereocenters. The van der Waals surface area contributed by atoms with Gasteiger partial charge in [0.15, 0.2) is 0 Å². The fourth-order valence-corrected chi connectivity index (χ4v) is 2.08. The minimum atomic E-state index is 0.0555. The number of thioether (sulfide) groups is 1. The third-order valence-electron chi connectivity index (χ3n) is 1.76. The molecule has 0 aromatic carbocycles. The summed E-state index contributed by atoms with van der Waals surface area (Å²) < 4.78 is 0. The molecular weight excluding hydrogens is 194 g/mol. The Balaban J connectivity index is 2.32. The van der Waals surface area contributed by atoms with E-state index in [1.807, 2.05) is 11.8 Å². The van der Waals surface area contributed by atoms with Gasteiger partial charge >= 0.3 is 0 Å². The Morgan fingerprint density at radius 2 is 1.93 bits per heavy atom. The van der Waals surface area contributed by atoms with Gasteiger partial charge in [-0.3, -0.25) is 0 Å². The maximum atomic E-state index is 5.98. The summed E-state index contributed by atoms with van der Waals surface area (Å²) in [4.78, 5) is 7.90. The van der Waals surface area contributed by atoms with Crippen LogP contribution in [0.15, 0.2) is 18.7 Å². The van der Waals surface area contributed by atoms with E-state index in [0.717, 1.165) is 23.0 Å². The normalized spacial score (nSPS) is 13.1. The predicted octanol–water partition coefficient (Wildman–Crippen LogP) is 1.87. The van der Waals surface area contributed by atoms with Gasteiger partial charge in [-0.1, -0.05) is 13.8 Å². The van der Waals surface area contributed by atoms with Gasteiger partial charge in [-0.05, 0) is 11.7 Å². The predicted molar refractivity (Wildman–Crippen MR) is 61.1 cm³/mol. The van der Waals surface area contributed by atoms with Crippen molar-refractivity contribution < 1.29 is 0 Å². The van der Waals surface area contributed by atoms with Crippen LogP contribution in [0.2, 0.25) is 0 Å². The largest absolute Gasteiger partial charge is 0.323 e. The molecule has 0 aliphatic rings. The molecule has 0 saturated carbocycles. The second kappa shape index (κ2) is 5.98. The molecule has 0 aliphatic heterocycles. The van der Waals surface area contributed by atoms with Gasteiger partial charge in [-0.15, -0.1) is 0 Å². The van der Waals surface area contributed by atoms with Crippen molar-refractivity contribution in [2.24, 2.45) is 11.7 Å². The average molecular weight is 211 g/mol. The number of nitrogens with zero attached hydrogens (tertiary/aromatic N) is 2. The molecule has 1 heterocycles. The van der Waals surface area contributed by atoms with Gasteiger partial charge in [-0.25, -0.2) is 9.97 Å². The van der Waals surface area contributed by atoms with Gasteiger partial charge in [-0.2, -0.15) is 11.8 Å². The smallest absolute Gasteiger partial charge is 0.115 e. The molecule has 4 heteroatoms. The minimum Gasteiger partial charge on any atom is -0.323 e. The minimum absolute atomic E-state index is 0.0555. The highest BCUT2D eigenvalue weighted by atomic mass is 32.2. The van der Waals surface area contributed by atoms with Crippen LogP contribution >= 0.6 is 11.8 Å². The summed E-state index contributed by atoms with van der Waals surface area (Å²) in [6.07, 6.45) is 5.10.